The van der Waals surface area contributed by atoms with Crippen molar-refractivity contribution in [2.45, 2.75) is 32.9 Å². The van der Waals surface area contributed by atoms with Gasteiger partial charge in [0, 0.05) is 5.70 Å². The number of rotatable bonds is 8. The van der Waals surface area contributed by atoms with Crippen molar-refractivity contribution in [2.75, 3.05) is 19.0 Å². The van der Waals surface area contributed by atoms with Crippen molar-refractivity contribution >= 4 is 27.8 Å². The Bertz CT molecular complexity index is 1180. The number of methoxy groups -OCH3 is 1. The summed E-state index contributed by atoms with van der Waals surface area (Å²) in [6, 6.07) is 13.0. The van der Waals surface area contributed by atoms with Crippen molar-refractivity contribution in [3.05, 3.63) is 69.3 Å². The molecule has 0 fully saturated rings. The van der Waals surface area contributed by atoms with Gasteiger partial charge in [-0.2, -0.15) is 4.68 Å². The normalized spacial score (nSPS) is 15.0. The van der Waals surface area contributed by atoms with Crippen molar-refractivity contribution in [2.24, 2.45) is 0 Å². The first kappa shape index (κ1) is 22.8. The maximum atomic E-state index is 13.0. The summed E-state index contributed by atoms with van der Waals surface area (Å²) >= 11 is 3.61. The molecular formula is C23H24BrN5O4. The number of halogens is 1. The Morgan fingerprint density at radius 3 is 2.76 bits per heavy atom. The zero-order chi connectivity index (χ0) is 23.4. The van der Waals surface area contributed by atoms with Gasteiger partial charge in [-0.25, -0.2) is 4.79 Å². The molecule has 2 heterocycles. The minimum absolute atomic E-state index is 0.323. The van der Waals surface area contributed by atoms with Crippen molar-refractivity contribution < 1.29 is 19.0 Å². The molecule has 172 valence electrons. The lowest BCUT2D eigenvalue weighted by molar-refractivity contribution is -0.139. The number of carbonyl (C=O) groups is 1. The fourth-order valence-electron chi connectivity index (χ4n) is 3.62. The van der Waals surface area contributed by atoms with Gasteiger partial charge in [-0.05, 0) is 63.0 Å². The predicted octanol–water partition coefficient (Wildman–Crippen LogP) is 4.27. The van der Waals surface area contributed by atoms with Gasteiger partial charge < -0.3 is 19.5 Å². The quantitative estimate of drug-likeness (QED) is 0.445. The Hall–Kier alpha value is -3.40. The summed E-state index contributed by atoms with van der Waals surface area (Å²) in [4.78, 5) is 13.0. The third kappa shape index (κ3) is 4.70. The van der Waals surface area contributed by atoms with Crippen molar-refractivity contribution in [1.29, 1.82) is 0 Å². The number of allylic oxidation sites excluding steroid dienone is 1. The smallest absolute Gasteiger partial charge is 0.338 e. The van der Waals surface area contributed by atoms with Gasteiger partial charge in [-0.3, -0.25) is 0 Å². The number of nitrogens with one attached hydrogen (secondary N) is 1. The number of esters is 1. The highest BCUT2D eigenvalue weighted by Crippen LogP contribution is 2.42. The monoisotopic (exact) mass is 513 g/mol. The highest BCUT2D eigenvalue weighted by molar-refractivity contribution is 9.10. The Morgan fingerprint density at radius 2 is 2.03 bits per heavy atom. The average molecular weight is 514 g/mol. The van der Waals surface area contributed by atoms with E-state index in [1.165, 1.54) is 0 Å². The minimum atomic E-state index is -0.603. The van der Waals surface area contributed by atoms with Gasteiger partial charge in [0.15, 0.2) is 11.5 Å². The molecule has 4 rings (SSSR count). The third-order valence-electron chi connectivity index (χ3n) is 5.16. The first-order valence-electron chi connectivity index (χ1n) is 10.5. The second kappa shape index (κ2) is 10.0. The molecule has 2 aromatic carbocycles. The van der Waals surface area contributed by atoms with E-state index in [0.29, 0.717) is 46.4 Å². The van der Waals surface area contributed by atoms with E-state index in [2.05, 4.69) is 36.8 Å². The van der Waals surface area contributed by atoms with Gasteiger partial charge in [0.1, 0.15) is 12.6 Å². The van der Waals surface area contributed by atoms with Crippen LogP contribution in [-0.4, -0.2) is 39.9 Å². The molecule has 1 aliphatic rings. The van der Waals surface area contributed by atoms with Gasteiger partial charge in [0.25, 0.3) is 0 Å². The molecule has 0 bridgehead atoms. The molecule has 1 aliphatic heterocycles. The van der Waals surface area contributed by atoms with Gasteiger partial charge in [-0.1, -0.05) is 42.4 Å². The number of anilines is 1. The first-order chi connectivity index (χ1) is 16.0. The van der Waals surface area contributed by atoms with Gasteiger partial charge in [0.05, 0.1) is 23.8 Å². The van der Waals surface area contributed by atoms with E-state index >= 15 is 0 Å². The van der Waals surface area contributed by atoms with E-state index in [4.69, 9.17) is 14.2 Å². The van der Waals surface area contributed by atoms with Crippen LogP contribution in [0.3, 0.4) is 0 Å². The Kier molecular flexibility index (Phi) is 6.93. The molecule has 10 heteroatoms. The van der Waals surface area contributed by atoms with Crippen molar-refractivity contribution in [3.63, 3.8) is 0 Å². The van der Waals surface area contributed by atoms with Crippen LogP contribution >= 0.6 is 15.9 Å². The zero-order valence-electron chi connectivity index (χ0n) is 18.5. The summed E-state index contributed by atoms with van der Waals surface area (Å²) in [7, 11) is 1.57. The Labute approximate surface area is 199 Å². The van der Waals surface area contributed by atoms with E-state index in [1.54, 1.807) is 18.7 Å². The molecule has 0 spiro atoms. The molecule has 0 aliphatic carbocycles. The topological polar surface area (TPSA) is 100 Å². The van der Waals surface area contributed by atoms with Crippen LogP contribution in [-0.2, 0) is 16.1 Å². The summed E-state index contributed by atoms with van der Waals surface area (Å²) in [6.45, 7) is 4.45. The number of carbonyl (C=O) groups excluding carboxylic acids is 1. The summed E-state index contributed by atoms with van der Waals surface area (Å²) in [5.74, 6) is 1.09. The molecule has 0 saturated heterocycles. The lowest BCUT2D eigenvalue weighted by Crippen LogP contribution is -2.30. The van der Waals surface area contributed by atoms with Crippen LogP contribution in [0.15, 0.2) is 58.2 Å². The maximum absolute atomic E-state index is 13.0. The molecule has 1 unspecified atom stereocenters. The number of benzene rings is 2. The standard InChI is InChI=1S/C23H24BrN5O4/c1-4-10-32-22(30)19-14(2)25-23-26-27-28-29(23)20(19)16-11-17(24)21(18(12-16)31-3)33-13-15-8-6-5-7-9-15/h5-9,11-12,20H,4,10,13H2,1-3H3,(H,25,26,28). The summed E-state index contributed by atoms with van der Waals surface area (Å²) in [5, 5.41) is 15.0. The van der Waals surface area contributed by atoms with Gasteiger partial charge in [0.2, 0.25) is 5.95 Å². The van der Waals surface area contributed by atoms with Crippen LogP contribution in [0.2, 0.25) is 0 Å². The lowest BCUT2D eigenvalue weighted by atomic mass is 9.95. The largest absolute Gasteiger partial charge is 0.493 e. The average Bonchev–Trinajstić information content (AvgIpc) is 3.29. The number of fused-ring (bicyclic) bond motifs is 1. The summed E-state index contributed by atoms with van der Waals surface area (Å²) in [5.41, 5.74) is 2.83. The number of aromatic nitrogens is 4. The van der Waals surface area contributed by atoms with Crippen LogP contribution in [0.1, 0.15) is 37.4 Å². The molecule has 33 heavy (non-hydrogen) atoms. The molecule has 1 atom stereocenters. The molecule has 1 aromatic heterocycles. The second-order valence-corrected chi connectivity index (χ2v) is 8.31. The Morgan fingerprint density at radius 1 is 1.24 bits per heavy atom. The number of nitrogens with zero attached hydrogens (tertiary/aromatic N) is 4. The second-order valence-electron chi connectivity index (χ2n) is 7.46. The lowest BCUT2D eigenvalue weighted by Gasteiger charge is -2.28. The third-order valence-corrected chi connectivity index (χ3v) is 5.75. The predicted molar refractivity (Wildman–Crippen MR) is 125 cm³/mol. The summed E-state index contributed by atoms with van der Waals surface area (Å²) in [6.07, 6.45) is 0.721. The molecular weight excluding hydrogens is 490 g/mol. The van der Waals surface area contributed by atoms with Crippen molar-refractivity contribution in [1.82, 2.24) is 20.2 Å². The SMILES string of the molecule is CCCOC(=O)C1=C(C)Nc2nnnn2C1c1cc(Br)c(OCc2ccccc2)c(OC)c1. The van der Waals surface area contributed by atoms with Crippen molar-refractivity contribution in [3.8, 4) is 11.5 Å². The van der Waals surface area contributed by atoms with E-state index in [0.717, 1.165) is 17.5 Å². The first-order valence-corrected chi connectivity index (χ1v) is 11.3. The fraction of sp³-hybridized carbons (Fsp3) is 0.304. The van der Waals surface area contributed by atoms with Crippen LogP contribution < -0.4 is 14.8 Å². The van der Waals surface area contributed by atoms with Crippen LogP contribution in [0.4, 0.5) is 5.95 Å². The molecule has 0 amide bonds. The van der Waals surface area contributed by atoms with E-state index in [-0.39, 0.29) is 0 Å². The Balaban J connectivity index is 1.73. The van der Waals surface area contributed by atoms with Gasteiger partial charge >= 0.3 is 5.97 Å². The fourth-order valence-corrected chi connectivity index (χ4v) is 4.20. The minimum Gasteiger partial charge on any atom is -0.493 e. The number of tetrazole rings is 1. The molecule has 3 aromatic rings. The number of ether oxygens (including phenoxy) is 3. The van der Waals surface area contributed by atoms with Crippen LogP contribution in [0.5, 0.6) is 11.5 Å². The van der Waals surface area contributed by atoms with E-state index in [9.17, 15) is 4.79 Å². The maximum Gasteiger partial charge on any atom is 0.338 e. The van der Waals surface area contributed by atoms with Gasteiger partial charge in [-0.15, -0.1) is 0 Å². The highest BCUT2D eigenvalue weighted by atomic mass is 79.9. The molecule has 9 nitrogen and oxygen atoms in total. The zero-order valence-corrected chi connectivity index (χ0v) is 20.1. The number of hydrogen-bond acceptors (Lipinski definition) is 8. The molecule has 0 saturated carbocycles. The number of hydrogen-bond donors (Lipinski definition) is 1. The highest BCUT2D eigenvalue weighted by Gasteiger charge is 2.36. The molecule has 0 radical (unpaired) electrons. The van der Waals surface area contributed by atoms with Crippen LogP contribution in [0, 0.1) is 0 Å². The van der Waals surface area contributed by atoms with E-state index in [1.807, 2.05) is 49.4 Å². The van der Waals surface area contributed by atoms with Crippen LogP contribution in [0.25, 0.3) is 0 Å². The summed E-state index contributed by atoms with van der Waals surface area (Å²) < 4.78 is 19.4. The molecule has 1 N–H and O–H groups in total. The van der Waals surface area contributed by atoms with E-state index < -0.39 is 12.0 Å².